The van der Waals surface area contributed by atoms with E-state index < -0.39 is 11.9 Å². The highest BCUT2D eigenvalue weighted by molar-refractivity contribution is 5.76. The normalized spacial score (nSPS) is 18.4. The predicted octanol–water partition coefficient (Wildman–Crippen LogP) is 2.17. The molecule has 0 radical (unpaired) electrons. The van der Waals surface area contributed by atoms with Gasteiger partial charge in [-0.1, -0.05) is 18.2 Å². The fourth-order valence-electron chi connectivity index (χ4n) is 2.54. The van der Waals surface area contributed by atoms with E-state index in [-0.39, 0.29) is 24.9 Å². The Hall–Kier alpha value is -2.11. The van der Waals surface area contributed by atoms with Crippen LogP contribution in [0.5, 0.6) is 0 Å². The molecule has 1 aliphatic rings. The quantitative estimate of drug-likeness (QED) is 0.929. The van der Waals surface area contributed by atoms with Gasteiger partial charge in [0.15, 0.2) is 0 Å². The van der Waals surface area contributed by atoms with Crippen molar-refractivity contribution in [2.45, 2.75) is 19.4 Å². The Morgan fingerprint density at radius 3 is 2.81 bits per heavy atom. The highest BCUT2D eigenvalue weighted by Gasteiger charge is 2.29. The zero-order valence-corrected chi connectivity index (χ0v) is 12.0. The number of nitrogens with zero attached hydrogens (tertiary/aromatic N) is 2. The summed E-state index contributed by atoms with van der Waals surface area (Å²) >= 11 is 0. The molecular formula is C15H19FN2O3. The number of aliphatic carboxylic acids is 1. The van der Waals surface area contributed by atoms with Gasteiger partial charge in [0, 0.05) is 32.2 Å². The van der Waals surface area contributed by atoms with Gasteiger partial charge in [0.05, 0.1) is 5.92 Å². The second-order valence-electron chi connectivity index (χ2n) is 5.35. The van der Waals surface area contributed by atoms with Gasteiger partial charge in [0.2, 0.25) is 0 Å². The van der Waals surface area contributed by atoms with E-state index in [1.54, 1.807) is 25.2 Å². The summed E-state index contributed by atoms with van der Waals surface area (Å²) in [6.45, 7) is 0.930. The third-order valence-electron chi connectivity index (χ3n) is 3.73. The van der Waals surface area contributed by atoms with E-state index in [2.05, 4.69) is 0 Å². The molecule has 1 atom stereocenters. The molecule has 1 aliphatic heterocycles. The first-order chi connectivity index (χ1) is 9.99. The minimum atomic E-state index is -0.871. The van der Waals surface area contributed by atoms with E-state index in [0.29, 0.717) is 24.9 Å². The molecule has 0 aliphatic carbocycles. The minimum absolute atomic E-state index is 0.166. The maximum absolute atomic E-state index is 13.6. The van der Waals surface area contributed by atoms with Gasteiger partial charge < -0.3 is 14.9 Å². The zero-order valence-electron chi connectivity index (χ0n) is 12.0. The molecule has 1 heterocycles. The summed E-state index contributed by atoms with van der Waals surface area (Å²) in [5.41, 5.74) is 0.445. The van der Waals surface area contributed by atoms with Gasteiger partial charge in [0.1, 0.15) is 5.82 Å². The molecule has 1 fully saturated rings. The van der Waals surface area contributed by atoms with Crippen LogP contribution >= 0.6 is 0 Å². The Bertz CT molecular complexity index is 535. The first-order valence-electron chi connectivity index (χ1n) is 6.95. The fraction of sp³-hybridized carbons (Fsp3) is 0.467. The number of benzene rings is 1. The lowest BCUT2D eigenvalue weighted by atomic mass is 9.99. The summed E-state index contributed by atoms with van der Waals surface area (Å²) in [5.74, 6) is -1.73. The van der Waals surface area contributed by atoms with Crippen LogP contribution in [0.1, 0.15) is 18.4 Å². The number of carboxylic acids is 1. The molecule has 1 saturated heterocycles. The summed E-state index contributed by atoms with van der Waals surface area (Å²) in [6.07, 6.45) is 1.27. The van der Waals surface area contributed by atoms with Gasteiger partial charge in [0.25, 0.3) is 0 Å². The molecule has 6 heteroatoms. The van der Waals surface area contributed by atoms with Gasteiger partial charge in [-0.2, -0.15) is 0 Å². The Balaban J connectivity index is 1.99. The zero-order chi connectivity index (χ0) is 15.4. The number of carboxylic acid groups (broad SMARTS) is 1. The number of likely N-dealkylation sites (tertiary alicyclic amines) is 1. The minimum Gasteiger partial charge on any atom is -0.481 e. The molecule has 0 aromatic heterocycles. The standard InChI is InChI=1S/C15H19FN2O3/c1-17(9-11-5-2-3-7-13(11)16)15(21)18-8-4-6-12(10-18)14(19)20/h2-3,5,7,12H,4,6,8-10H2,1H3,(H,19,20). The SMILES string of the molecule is CN(Cc1ccccc1F)C(=O)N1CCCC(C(=O)O)C1. The van der Waals surface area contributed by atoms with Crippen LogP contribution in [0, 0.1) is 11.7 Å². The molecule has 0 bridgehead atoms. The lowest BCUT2D eigenvalue weighted by Gasteiger charge is -2.33. The molecule has 2 rings (SSSR count). The molecule has 1 aromatic carbocycles. The smallest absolute Gasteiger partial charge is 0.320 e. The predicted molar refractivity (Wildman–Crippen MR) is 75.2 cm³/mol. The molecule has 2 amide bonds. The summed E-state index contributed by atoms with van der Waals surface area (Å²) in [4.78, 5) is 26.3. The molecule has 0 spiro atoms. The highest BCUT2D eigenvalue weighted by atomic mass is 19.1. The second kappa shape index (κ2) is 6.56. The van der Waals surface area contributed by atoms with Crippen molar-refractivity contribution in [2.24, 2.45) is 5.92 Å². The van der Waals surface area contributed by atoms with Crippen LogP contribution in [-0.4, -0.2) is 47.0 Å². The topological polar surface area (TPSA) is 60.9 Å². The number of urea groups is 1. The monoisotopic (exact) mass is 294 g/mol. The van der Waals surface area contributed by atoms with Crippen LogP contribution < -0.4 is 0 Å². The average molecular weight is 294 g/mol. The third kappa shape index (κ3) is 3.71. The van der Waals surface area contributed by atoms with Crippen LogP contribution in [-0.2, 0) is 11.3 Å². The summed E-state index contributed by atoms with van der Waals surface area (Å²) in [6, 6.07) is 6.05. The molecule has 1 N–H and O–H groups in total. The molecule has 1 aromatic rings. The van der Waals surface area contributed by atoms with Gasteiger partial charge in [-0.3, -0.25) is 4.79 Å². The summed E-state index contributed by atoms with van der Waals surface area (Å²) in [5, 5.41) is 9.05. The van der Waals surface area contributed by atoms with E-state index in [9.17, 15) is 14.0 Å². The molecule has 1 unspecified atom stereocenters. The van der Waals surface area contributed by atoms with Crippen molar-refractivity contribution in [1.29, 1.82) is 0 Å². The van der Waals surface area contributed by atoms with Crippen molar-refractivity contribution in [3.63, 3.8) is 0 Å². The van der Waals surface area contributed by atoms with E-state index in [4.69, 9.17) is 5.11 Å². The number of amides is 2. The average Bonchev–Trinajstić information content (AvgIpc) is 2.49. The number of halogens is 1. The maximum atomic E-state index is 13.6. The van der Waals surface area contributed by atoms with Gasteiger partial charge in [-0.05, 0) is 18.9 Å². The van der Waals surface area contributed by atoms with E-state index in [1.165, 1.54) is 15.9 Å². The number of hydrogen-bond acceptors (Lipinski definition) is 2. The lowest BCUT2D eigenvalue weighted by molar-refractivity contribution is -0.143. The Labute approximate surface area is 123 Å². The fourth-order valence-corrected chi connectivity index (χ4v) is 2.54. The van der Waals surface area contributed by atoms with Crippen LogP contribution in [0.2, 0.25) is 0 Å². The lowest BCUT2D eigenvalue weighted by Crippen LogP contribution is -2.47. The van der Waals surface area contributed by atoms with Gasteiger partial charge in [-0.15, -0.1) is 0 Å². The van der Waals surface area contributed by atoms with Crippen LogP contribution in [0.25, 0.3) is 0 Å². The summed E-state index contributed by atoms with van der Waals surface area (Å²) < 4.78 is 13.6. The first kappa shape index (κ1) is 15.3. The number of carbonyl (C=O) groups excluding carboxylic acids is 1. The first-order valence-corrected chi connectivity index (χ1v) is 6.95. The summed E-state index contributed by atoms with van der Waals surface area (Å²) in [7, 11) is 1.60. The van der Waals surface area contributed by atoms with Crippen molar-refractivity contribution in [1.82, 2.24) is 9.80 Å². The van der Waals surface area contributed by atoms with Crippen LogP contribution in [0.4, 0.5) is 9.18 Å². The molecule has 5 nitrogen and oxygen atoms in total. The van der Waals surface area contributed by atoms with Crippen molar-refractivity contribution in [2.75, 3.05) is 20.1 Å². The number of rotatable bonds is 3. The van der Waals surface area contributed by atoms with E-state index in [1.807, 2.05) is 0 Å². The third-order valence-corrected chi connectivity index (χ3v) is 3.73. The largest absolute Gasteiger partial charge is 0.481 e. The number of piperidine rings is 1. The van der Waals surface area contributed by atoms with Crippen molar-refractivity contribution < 1.29 is 19.1 Å². The Morgan fingerprint density at radius 2 is 2.14 bits per heavy atom. The Kier molecular flexibility index (Phi) is 4.77. The molecule has 114 valence electrons. The van der Waals surface area contributed by atoms with Crippen molar-refractivity contribution in [3.05, 3.63) is 35.6 Å². The number of carbonyl (C=O) groups is 2. The van der Waals surface area contributed by atoms with Crippen molar-refractivity contribution >= 4 is 12.0 Å². The maximum Gasteiger partial charge on any atom is 0.320 e. The highest BCUT2D eigenvalue weighted by Crippen LogP contribution is 2.18. The van der Waals surface area contributed by atoms with E-state index >= 15 is 0 Å². The van der Waals surface area contributed by atoms with Crippen LogP contribution in [0.3, 0.4) is 0 Å². The number of hydrogen-bond donors (Lipinski definition) is 1. The second-order valence-corrected chi connectivity index (χ2v) is 5.35. The van der Waals surface area contributed by atoms with Gasteiger partial charge in [-0.25, -0.2) is 9.18 Å². The van der Waals surface area contributed by atoms with Gasteiger partial charge >= 0.3 is 12.0 Å². The van der Waals surface area contributed by atoms with Crippen molar-refractivity contribution in [3.8, 4) is 0 Å². The molecule has 21 heavy (non-hydrogen) atoms. The Morgan fingerprint density at radius 1 is 1.43 bits per heavy atom. The van der Waals surface area contributed by atoms with E-state index in [0.717, 1.165) is 0 Å². The molecular weight excluding hydrogens is 275 g/mol. The molecule has 0 saturated carbocycles. The van der Waals surface area contributed by atoms with Crippen LogP contribution in [0.15, 0.2) is 24.3 Å².